The van der Waals surface area contributed by atoms with Crippen LogP contribution in [0.25, 0.3) is 0 Å². The molecule has 3 unspecified atom stereocenters. The lowest BCUT2D eigenvalue weighted by atomic mass is 9.67. The molecule has 128 valence electrons. The summed E-state index contributed by atoms with van der Waals surface area (Å²) in [5, 5.41) is 0. The molecule has 0 spiro atoms. The first-order valence-corrected chi connectivity index (χ1v) is 8.15. The average molecular weight is 314 g/mol. The van der Waals surface area contributed by atoms with E-state index < -0.39 is 12.1 Å². The first-order chi connectivity index (χ1) is 10.2. The van der Waals surface area contributed by atoms with Gasteiger partial charge in [-0.25, -0.2) is 0 Å². The fraction of sp³-hybridized carbons (Fsp3) is 0.882. The molecule has 5 nitrogen and oxygen atoms in total. The summed E-state index contributed by atoms with van der Waals surface area (Å²) in [6, 6.07) is 0. The molecular weight excluding hydrogens is 284 g/mol. The van der Waals surface area contributed by atoms with Crippen molar-refractivity contribution in [1.82, 2.24) is 0 Å². The van der Waals surface area contributed by atoms with Gasteiger partial charge in [0.15, 0.2) is 6.10 Å². The topological polar surface area (TPSA) is 61.8 Å². The number of hydrogen-bond donors (Lipinski definition) is 0. The van der Waals surface area contributed by atoms with Crippen molar-refractivity contribution < 1.29 is 23.8 Å². The van der Waals surface area contributed by atoms with Crippen LogP contribution in [0.2, 0.25) is 0 Å². The monoisotopic (exact) mass is 314 g/mol. The van der Waals surface area contributed by atoms with E-state index in [0.29, 0.717) is 11.3 Å². The molecule has 3 atom stereocenters. The molecule has 0 saturated heterocycles. The smallest absolute Gasteiger partial charge is 0.303 e. The van der Waals surface area contributed by atoms with Crippen LogP contribution in [0.15, 0.2) is 0 Å². The lowest BCUT2D eigenvalue weighted by Crippen LogP contribution is -2.37. The van der Waals surface area contributed by atoms with E-state index in [9.17, 15) is 9.59 Å². The van der Waals surface area contributed by atoms with Crippen LogP contribution in [0.1, 0.15) is 60.3 Å². The number of ether oxygens (including phenoxy) is 3. The van der Waals surface area contributed by atoms with Gasteiger partial charge in [0.2, 0.25) is 0 Å². The molecule has 22 heavy (non-hydrogen) atoms. The van der Waals surface area contributed by atoms with Gasteiger partial charge in [-0.15, -0.1) is 0 Å². The van der Waals surface area contributed by atoms with Crippen molar-refractivity contribution in [2.75, 3.05) is 13.2 Å². The van der Waals surface area contributed by atoms with E-state index in [-0.39, 0.29) is 25.3 Å². The Labute approximate surface area is 133 Å². The quantitative estimate of drug-likeness (QED) is 0.676. The second-order valence-corrected chi connectivity index (χ2v) is 6.89. The normalized spacial score (nSPS) is 26.5. The Balaban J connectivity index is 2.49. The minimum atomic E-state index is -0.534. The van der Waals surface area contributed by atoms with Gasteiger partial charge < -0.3 is 14.2 Å². The molecular formula is C17H30O5. The van der Waals surface area contributed by atoms with Crippen LogP contribution in [-0.2, 0) is 23.8 Å². The Hall–Kier alpha value is -1.10. The Kier molecular flexibility index (Phi) is 7.33. The highest BCUT2D eigenvalue weighted by Gasteiger charge is 2.35. The minimum Gasteiger partial charge on any atom is -0.462 e. The van der Waals surface area contributed by atoms with E-state index in [1.165, 1.54) is 20.3 Å². The molecule has 0 N–H and O–H groups in total. The second-order valence-electron chi connectivity index (χ2n) is 6.89. The van der Waals surface area contributed by atoms with Gasteiger partial charge in [0, 0.05) is 13.8 Å². The first kappa shape index (κ1) is 18.9. The second kappa shape index (κ2) is 8.51. The van der Waals surface area contributed by atoms with Crippen LogP contribution in [0.5, 0.6) is 0 Å². The van der Waals surface area contributed by atoms with E-state index in [0.717, 1.165) is 19.3 Å². The number of esters is 2. The van der Waals surface area contributed by atoms with Gasteiger partial charge in [-0.05, 0) is 30.6 Å². The Bertz CT molecular complexity index is 379. The van der Waals surface area contributed by atoms with Crippen LogP contribution >= 0.6 is 0 Å². The fourth-order valence-electron chi connectivity index (χ4n) is 2.93. The average Bonchev–Trinajstić information content (AvgIpc) is 2.41. The highest BCUT2D eigenvalue weighted by Crippen LogP contribution is 2.42. The molecule has 1 fully saturated rings. The number of rotatable bonds is 7. The molecule has 1 aliphatic carbocycles. The van der Waals surface area contributed by atoms with Crippen molar-refractivity contribution in [2.24, 2.45) is 11.3 Å². The van der Waals surface area contributed by atoms with Gasteiger partial charge in [0.1, 0.15) is 6.61 Å². The Morgan fingerprint density at radius 2 is 1.86 bits per heavy atom. The number of carbonyl (C=O) groups excluding carboxylic acids is 2. The molecule has 0 aromatic heterocycles. The molecule has 0 amide bonds. The maximum atomic E-state index is 11.1. The van der Waals surface area contributed by atoms with Crippen molar-refractivity contribution in [2.45, 2.75) is 72.5 Å². The van der Waals surface area contributed by atoms with Crippen LogP contribution in [0, 0.1) is 11.3 Å². The van der Waals surface area contributed by atoms with Crippen molar-refractivity contribution in [1.29, 1.82) is 0 Å². The van der Waals surface area contributed by atoms with E-state index in [1.807, 2.05) is 0 Å². The van der Waals surface area contributed by atoms with Crippen LogP contribution in [0.3, 0.4) is 0 Å². The molecule has 0 radical (unpaired) electrons. The molecule has 0 heterocycles. The lowest BCUT2D eigenvalue weighted by Gasteiger charge is -2.41. The van der Waals surface area contributed by atoms with Crippen molar-refractivity contribution in [3.8, 4) is 0 Å². The molecule has 0 aromatic carbocycles. The highest BCUT2D eigenvalue weighted by atomic mass is 16.6. The summed E-state index contributed by atoms with van der Waals surface area (Å²) in [5.41, 5.74) is 0.301. The third-order valence-electron chi connectivity index (χ3n) is 4.68. The Morgan fingerprint density at radius 3 is 2.41 bits per heavy atom. The zero-order valence-electron chi connectivity index (χ0n) is 14.5. The minimum absolute atomic E-state index is 0.0447. The standard InChI is InChI=1S/C17H30O5/c1-12(2)17(5)8-6-7-15(9-17)21-11-16(22-14(4)19)10-20-13(3)18/h12,15-16H,6-11H2,1-5H3. The van der Waals surface area contributed by atoms with Crippen molar-refractivity contribution in [3.63, 3.8) is 0 Å². The molecule has 0 aromatic rings. The zero-order chi connectivity index (χ0) is 16.8. The third kappa shape index (κ3) is 6.34. The van der Waals surface area contributed by atoms with E-state index >= 15 is 0 Å². The van der Waals surface area contributed by atoms with Gasteiger partial charge >= 0.3 is 11.9 Å². The van der Waals surface area contributed by atoms with Gasteiger partial charge in [-0.3, -0.25) is 9.59 Å². The molecule has 1 saturated carbocycles. The summed E-state index contributed by atoms with van der Waals surface area (Å²) < 4.78 is 16.0. The maximum Gasteiger partial charge on any atom is 0.303 e. The molecule has 1 aliphatic rings. The van der Waals surface area contributed by atoms with Crippen LogP contribution < -0.4 is 0 Å². The van der Waals surface area contributed by atoms with Gasteiger partial charge in [0.25, 0.3) is 0 Å². The Morgan fingerprint density at radius 1 is 1.18 bits per heavy atom. The number of carbonyl (C=O) groups is 2. The predicted molar refractivity (Wildman–Crippen MR) is 83.3 cm³/mol. The van der Waals surface area contributed by atoms with Gasteiger partial charge in [-0.2, -0.15) is 0 Å². The van der Waals surface area contributed by atoms with Gasteiger partial charge in [-0.1, -0.05) is 27.2 Å². The van der Waals surface area contributed by atoms with Crippen LogP contribution in [-0.4, -0.2) is 37.4 Å². The summed E-state index contributed by atoms with van der Waals surface area (Å²) in [5.74, 6) is -0.164. The summed E-state index contributed by atoms with van der Waals surface area (Å²) in [4.78, 5) is 22.0. The summed E-state index contributed by atoms with van der Waals surface area (Å²) in [7, 11) is 0. The fourth-order valence-corrected chi connectivity index (χ4v) is 2.93. The highest BCUT2D eigenvalue weighted by molar-refractivity contribution is 5.67. The predicted octanol–water partition coefficient (Wildman–Crippen LogP) is 3.10. The van der Waals surface area contributed by atoms with Gasteiger partial charge in [0.05, 0.1) is 12.7 Å². The molecule has 5 heteroatoms. The summed E-state index contributed by atoms with van der Waals surface area (Å²) in [6.45, 7) is 9.82. The lowest BCUT2D eigenvalue weighted by molar-refractivity contribution is -0.162. The van der Waals surface area contributed by atoms with E-state index in [1.54, 1.807) is 0 Å². The van der Waals surface area contributed by atoms with Crippen LogP contribution in [0.4, 0.5) is 0 Å². The molecule has 1 rings (SSSR count). The first-order valence-electron chi connectivity index (χ1n) is 8.15. The van der Waals surface area contributed by atoms with E-state index in [2.05, 4.69) is 20.8 Å². The molecule has 0 aliphatic heterocycles. The number of hydrogen-bond acceptors (Lipinski definition) is 5. The maximum absolute atomic E-state index is 11.1. The van der Waals surface area contributed by atoms with E-state index in [4.69, 9.17) is 14.2 Å². The SMILES string of the molecule is CC(=O)OCC(COC1CCCC(C)(C(C)C)C1)OC(C)=O. The van der Waals surface area contributed by atoms with Crippen molar-refractivity contribution >= 4 is 11.9 Å². The summed E-state index contributed by atoms with van der Waals surface area (Å²) >= 11 is 0. The summed E-state index contributed by atoms with van der Waals surface area (Å²) in [6.07, 6.45) is 4.07. The third-order valence-corrected chi connectivity index (χ3v) is 4.68. The largest absolute Gasteiger partial charge is 0.462 e. The van der Waals surface area contributed by atoms with Crippen molar-refractivity contribution in [3.05, 3.63) is 0 Å². The molecule has 0 bridgehead atoms. The zero-order valence-corrected chi connectivity index (χ0v) is 14.5.